The number of halogens is 2. The number of carbonyl (C=O) groups excluding carboxylic acids is 1. The predicted octanol–water partition coefficient (Wildman–Crippen LogP) is 9.68. The second kappa shape index (κ2) is 13.3. The first-order valence-electron chi connectivity index (χ1n) is 17.4. The van der Waals surface area contributed by atoms with Crippen molar-refractivity contribution in [2.75, 3.05) is 18.1 Å². The molecule has 1 atom stereocenters. The van der Waals surface area contributed by atoms with E-state index in [1.165, 1.54) is 0 Å². The number of rotatable bonds is 8. The first-order valence-corrected chi connectivity index (χ1v) is 18.1. The van der Waals surface area contributed by atoms with Crippen LogP contribution in [0, 0.1) is 41.5 Å². The van der Waals surface area contributed by atoms with Gasteiger partial charge in [0.15, 0.2) is 0 Å². The van der Waals surface area contributed by atoms with Crippen molar-refractivity contribution in [3.8, 4) is 16.9 Å². The molecule has 3 aromatic carbocycles. The van der Waals surface area contributed by atoms with Gasteiger partial charge in [0.25, 0.3) is 5.91 Å². The molecule has 0 unspecified atom stereocenters. The van der Waals surface area contributed by atoms with Crippen LogP contribution in [-0.4, -0.2) is 49.2 Å². The monoisotopic (exact) mass is 737 g/mol. The Balaban J connectivity index is 1.41. The molecule has 0 bridgehead atoms. The van der Waals surface area contributed by atoms with Crippen molar-refractivity contribution in [2.45, 2.75) is 67.3 Å². The quantitative estimate of drug-likeness (QED) is 0.156. The minimum atomic E-state index is -1.01. The van der Waals surface area contributed by atoms with E-state index in [-0.39, 0.29) is 17.6 Å². The molecule has 0 aliphatic carbocycles. The zero-order valence-electron chi connectivity index (χ0n) is 30.6. The van der Waals surface area contributed by atoms with Crippen molar-refractivity contribution in [3.63, 3.8) is 0 Å². The Kier molecular flexibility index (Phi) is 9.08. The highest BCUT2D eigenvalue weighted by Crippen LogP contribution is 2.45. The van der Waals surface area contributed by atoms with E-state index in [2.05, 4.69) is 21.5 Å². The SMILES string of the molecule is Cc1cc(N2C[C@@H](C)n3c(c(CCCOc4cc(C)c(Cl)c(C)c4)c4ccc(Cl)c(-c5c(C)ncnc5C)c43)C2=O)c2c(c1)c(C)c(C(=O)O)n2C. The van der Waals surface area contributed by atoms with Crippen LogP contribution >= 0.6 is 23.2 Å². The Morgan fingerprint density at radius 3 is 2.27 bits per heavy atom. The van der Waals surface area contributed by atoms with Crippen molar-refractivity contribution >= 4 is 62.6 Å². The molecule has 0 fully saturated rings. The molecule has 1 N–H and O–H groups in total. The third-order valence-corrected chi connectivity index (χ3v) is 11.4. The highest BCUT2D eigenvalue weighted by Gasteiger charge is 2.38. The molecule has 4 heterocycles. The second-order valence-electron chi connectivity index (χ2n) is 14.0. The Bertz CT molecular complexity index is 2440. The molecule has 7 rings (SSSR count). The van der Waals surface area contributed by atoms with Gasteiger partial charge in [0.2, 0.25) is 0 Å². The predicted molar refractivity (Wildman–Crippen MR) is 208 cm³/mol. The minimum absolute atomic E-state index is 0.156. The van der Waals surface area contributed by atoms with E-state index in [0.29, 0.717) is 53.5 Å². The number of anilines is 1. The number of benzene rings is 3. The highest BCUT2D eigenvalue weighted by molar-refractivity contribution is 6.35. The third-order valence-electron chi connectivity index (χ3n) is 10.4. The van der Waals surface area contributed by atoms with Gasteiger partial charge in [0.1, 0.15) is 23.5 Å². The maximum atomic E-state index is 15.2. The fraction of sp³-hybridized carbons (Fsp3) is 0.317. The van der Waals surface area contributed by atoms with Crippen molar-refractivity contribution in [3.05, 3.63) is 103 Å². The number of fused-ring (bicyclic) bond motifs is 4. The number of hydrogen-bond donors (Lipinski definition) is 1. The van der Waals surface area contributed by atoms with Gasteiger partial charge in [-0.2, -0.15) is 0 Å². The average molecular weight is 739 g/mol. The van der Waals surface area contributed by atoms with Crippen LogP contribution in [0.4, 0.5) is 5.69 Å². The van der Waals surface area contributed by atoms with Crippen LogP contribution in [0.15, 0.2) is 42.7 Å². The molecular weight excluding hydrogens is 697 g/mol. The van der Waals surface area contributed by atoms with Crippen LogP contribution < -0.4 is 9.64 Å². The average Bonchev–Trinajstić information content (AvgIpc) is 3.55. The fourth-order valence-corrected chi connectivity index (χ4v) is 8.51. The standard InChI is InChI=1S/C41H41Cl2N5O4/c1-20-14-30-24(5)36(41(50)51)46(8)37(30)32(15-20)47-18-23(4)48-38-29(11-12-31(42)34(38)33-25(6)44-19-45-26(33)7)28(39(48)40(47)49)10-9-13-52-27-16-21(2)35(43)22(3)17-27/h11-12,14-17,19,23H,9-10,13,18H2,1-8H3,(H,50,51)/t23-/m1/s1. The summed E-state index contributed by atoms with van der Waals surface area (Å²) in [5, 5.41) is 13.2. The number of carboxylic acid groups (broad SMARTS) is 1. The molecule has 3 aromatic heterocycles. The van der Waals surface area contributed by atoms with E-state index >= 15 is 4.79 Å². The van der Waals surface area contributed by atoms with E-state index < -0.39 is 5.97 Å². The normalized spacial score (nSPS) is 14.5. The molecule has 1 amide bonds. The summed E-state index contributed by atoms with van der Waals surface area (Å²) < 4.78 is 10.1. The van der Waals surface area contributed by atoms with Gasteiger partial charge in [0.05, 0.1) is 28.4 Å². The number of amides is 1. The number of aromatic nitrogens is 4. The zero-order valence-corrected chi connectivity index (χ0v) is 32.1. The third kappa shape index (κ3) is 5.62. The van der Waals surface area contributed by atoms with Crippen LogP contribution in [0.2, 0.25) is 10.0 Å². The summed E-state index contributed by atoms with van der Waals surface area (Å²) in [4.78, 5) is 38.4. The van der Waals surface area contributed by atoms with Gasteiger partial charge < -0.3 is 23.9 Å². The van der Waals surface area contributed by atoms with Crippen molar-refractivity contribution in [1.82, 2.24) is 19.1 Å². The number of hydrogen-bond acceptors (Lipinski definition) is 5. The summed E-state index contributed by atoms with van der Waals surface area (Å²) in [7, 11) is 1.75. The number of carbonyl (C=O) groups is 2. The van der Waals surface area contributed by atoms with Gasteiger partial charge in [-0.3, -0.25) is 4.79 Å². The summed E-state index contributed by atoms with van der Waals surface area (Å²) in [6.07, 6.45) is 2.77. The summed E-state index contributed by atoms with van der Waals surface area (Å²) in [6, 6.07) is 11.6. The molecule has 0 radical (unpaired) electrons. The lowest BCUT2D eigenvalue weighted by Gasteiger charge is -2.35. The number of aryl methyl sites for hydroxylation is 8. The Hall–Kier alpha value is -4.86. The van der Waals surface area contributed by atoms with E-state index in [9.17, 15) is 9.90 Å². The van der Waals surface area contributed by atoms with Crippen LogP contribution in [0.25, 0.3) is 32.9 Å². The van der Waals surface area contributed by atoms with Crippen LogP contribution in [-0.2, 0) is 13.5 Å². The molecule has 11 heteroatoms. The van der Waals surface area contributed by atoms with E-state index in [0.717, 1.165) is 71.8 Å². The number of carboxylic acids is 1. The summed E-state index contributed by atoms with van der Waals surface area (Å²) >= 11 is 13.5. The molecule has 0 saturated carbocycles. The van der Waals surface area contributed by atoms with Crippen molar-refractivity contribution in [1.29, 1.82) is 0 Å². The molecule has 9 nitrogen and oxygen atoms in total. The van der Waals surface area contributed by atoms with E-state index in [1.54, 1.807) is 17.9 Å². The molecule has 1 aliphatic heterocycles. The van der Waals surface area contributed by atoms with Gasteiger partial charge >= 0.3 is 5.97 Å². The van der Waals surface area contributed by atoms with Crippen molar-refractivity contribution < 1.29 is 19.4 Å². The first-order chi connectivity index (χ1) is 24.7. The highest BCUT2D eigenvalue weighted by atomic mass is 35.5. The lowest BCUT2D eigenvalue weighted by molar-refractivity contribution is 0.0686. The lowest BCUT2D eigenvalue weighted by atomic mass is 9.97. The van der Waals surface area contributed by atoms with Gasteiger partial charge in [-0.15, -0.1) is 0 Å². The maximum absolute atomic E-state index is 15.2. The summed E-state index contributed by atoms with van der Waals surface area (Å²) in [5.41, 5.74) is 10.8. The summed E-state index contributed by atoms with van der Waals surface area (Å²) in [6.45, 7) is 14.5. The minimum Gasteiger partial charge on any atom is -0.494 e. The van der Waals surface area contributed by atoms with Gasteiger partial charge in [-0.05, 0) is 119 Å². The number of nitrogens with zero attached hydrogens (tertiary/aromatic N) is 5. The molecule has 1 aliphatic rings. The number of aromatic carboxylic acids is 1. The maximum Gasteiger partial charge on any atom is 0.352 e. The van der Waals surface area contributed by atoms with Crippen LogP contribution in [0.1, 0.15) is 79.6 Å². The molecule has 52 heavy (non-hydrogen) atoms. The largest absolute Gasteiger partial charge is 0.494 e. The Morgan fingerprint density at radius 1 is 0.942 bits per heavy atom. The smallest absolute Gasteiger partial charge is 0.352 e. The van der Waals surface area contributed by atoms with Crippen LogP contribution in [0.3, 0.4) is 0 Å². The zero-order chi connectivity index (χ0) is 37.3. The fourth-order valence-electron chi connectivity index (χ4n) is 8.16. The van der Waals surface area contributed by atoms with E-state index in [4.69, 9.17) is 27.9 Å². The topological polar surface area (TPSA) is 102 Å². The Morgan fingerprint density at radius 2 is 1.62 bits per heavy atom. The molecule has 0 spiro atoms. The van der Waals surface area contributed by atoms with Crippen LogP contribution in [0.5, 0.6) is 5.75 Å². The van der Waals surface area contributed by atoms with Gasteiger partial charge in [0, 0.05) is 57.9 Å². The van der Waals surface area contributed by atoms with Crippen molar-refractivity contribution in [2.24, 2.45) is 7.05 Å². The Labute approximate surface area is 312 Å². The van der Waals surface area contributed by atoms with E-state index in [1.807, 2.05) is 82.8 Å². The number of ether oxygens (including phenoxy) is 1. The molecule has 6 aromatic rings. The first kappa shape index (κ1) is 35.5. The van der Waals surface area contributed by atoms with Gasteiger partial charge in [-0.1, -0.05) is 29.3 Å². The lowest BCUT2D eigenvalue weighted by Crippen LogP contribution is -2.43. The van der Waals surface area contributed by atoms with Gasteiger partial charge in [-0.25, -0.2) is 14.8 Å². The molecule has 0 saturated heterocycles. The molecular formula is C41H41Cl2N5O4. The second-order valence-corrected chi connectivity index (χ2v) is 14.8. The molecule has 268 valence electrons. The summed E-state index contributed by atoms with van der Waals surface area (Å²) in [5.74, 6) is -0.409.